The van der Waals surface area contributed by atoms with Crippen LogP contribution in [-0.2, 0) is 16.1 Å². The van der Waals surface area contributed by atoms with Gasteiger partial charge in [-0.25, -0.2) is 9.07 Å². The number of para-hydroxylation sites is 2. The molecule has 3 aromatic carbocycles. The maximum atomic E-state index is 15.2. The van der Waals surface area contributed by atoms with Gasteiger partial charge >= 0.3 is 0 Å². The van der Waals surface area contributed by atoms with Gasteiger partial charge in [0.05, 0.1) is 18.3 Å². The summed E-state index contributed by atoms with van der Waals surface area (Å²) >= 11 is 0. The fraction of sp³-hybridized carbons (Fsp3) is 0.286. The average molecular weight is 504 g/mol. The van der Waals surface area contributed by atoms with Crippen LogP contribution in [0.1, 0.15) is 38.8 Å². The lowest BCUT2D eigenvalue weighted by molar-refractivity contribution is -0.128. The molecule has 0 aliphatic rings. The van der Waals surface area contributed by atoms with Gasteiger partial charge in [0.2, 0.25) is 11.8 Å². The van der Waals surface area contributed by atoms with E-state index in [4.69, 9.17) is 4.74 Å². The summed E-state index contributed by atoms with van der Waals surface area (Å²) < 4.78 is 21.9. The van der Waals surface area contributed by atoms with Crippen molar-refractivity contribution in [1.29, 1.82) is 0 Å². The van der Waals surface area contributed by atoms with Gasteiger partial charge in [0.1, 0.15) is 29.7 Å². The number of anilines is 1. The van der Waals surface area contributed by atoms with E-state index in [-0.39, 0.29) is 12.2 Å². The first-order valence-corrected chi connectivity index (χ1v) is 12.0. The zero-order chi connectivity index (χ0) is 26.6. The van der Waals surface area contributed by atoms with Crippen LogP contribution in [0.25, 0.3) is 11.0 Å². The predicted molar refractivity (Wildman–Crippen MR) is 140 cm³/mol. The molecule has 9 heteroatoms. The summed E-state index contributed by atoms with van der Waals surface area (Å²) in [5.74, 6) is -0.988. The van der Waals surface area contributed by atoms with Gasteiger partial charge in [0.15, 0.2) is 0 Å². The van der Waals surface area contributed by atoms with Crippen LogP contribution in [0.3, 0.4) is 0 Å². The number of amides is 2. The Morgan fingerprint density at radius 2 is 1.73 bits per heavy atom. The first-order valence-electron chi connectivity index (χ1n) is 12.0. The Balaban J connectivity index is 1.83. The predicted octanol–water partition coefficient (Wildman–Crippen LogP) is 4.66. The lowest BCUT2D eigenvalue weighted by atomic mass is 9.98. The highest BCUT2D eigenvalue weighted by molar-refractivity contribution is 6.01. The highest BCUT2D eigenvalue weighted by Gasteiger charge is 2.36. The first kappa shape index (κ1) is 25.8. The third-order valence-corrected chi connectivity index (χ3v) is 6.37. The van der Waals surface area contributed by atoms with Crippen molar-refractivity contribution in [2.45, 2.75) is 45.3 Å². The van der Waals surface area contributed by atoms with Crippen LogP contribution in [0.2, 0.25) is 0 Å². The highest BCUT2D eigenvalue weighted by Crippen LogP contribution is 2.32. The minimum absolute atomic E-state index is 0.0119. The number of benzene rings is 3. The number of rotatable bonds is 9. The molecule has 0 unspecified atom stereocenters. The van der Waals surface area contributed by atoms with Gasteiger partial charge in [-0.1, -0.05) is 48.5 Å². The van der Waals surface area contributed by atoms with Gasteiger partial charge in [-0.2, -0.15) is 0 Å². The Morgan fingerprint density at radius 3 is 2.41 bits per heavy atom. The molecule has 0 aliphatic heterocycles. The smallest absolute Gasteiger partial charge is 0.249 e. The summed E-state index contributed by atoms with van der Waals surface area (Å²) in [4.78, 5) is 29.0. The molecule has 0 bridgehead atoms. The van der Waals surface area contributed by atoms with E-state index in [0.717, 1.165) is 0 Å². The van der Waals surface area contributed by atoms with Crippen LogP contribution in [0, 0.1) is 5.82 Å². The van der Waals surface area contributed by atoms with E-state index >= 15 is 4.39 Å². The molecular formula is C28H30FN5O3. The summed E-state index contributed by atoms with van der Waals surface area (Å²) in [5.41, 5.74) is 1.23. The maximum Gasteiger partial charge on any atom is 0.249 e. The molecule has 1 aromatic heterocycles. The largest absolute Gasteiger partial charge is 0.497 e. The Bertz CT molecular complexity index is 1400. The van der Waals surface area contributed by atoms with Crippen molar-refractivity contribution in [3.05, 3.63) is 84.2 Å². The molecule has 4 rings (SSSR count). The Labute approximate surface area is 215 Å². The lowest BCUT2D eigenvalue weighted by Gasteiger charge is -2.34. The average Bonchev–Trinajstić information content (AvgIpc) is 3.30. The number of carbonyl (C=O) groups is 2. The number of nitrogens with zero attached hydrogens (tertiary/aromatic N) is 4. The lowest BCUT2D eigenvalue weighted by Crippen LogP contribution is -2.51. The van der Waals surface area contributed by atoms with Crippen molar-refractivity contribution in [2.75, 3.05) is 12.0 Å². The van der Waals surface area contributed by atoms with Crippen molar-refractivity contribution in [3.8, 4) is 5.75 Å². The van der Waals surface area contributed by atoms with Crippen molar-refractivity contribution in [2.24, 2.45) is 0 Å². The van der Waals surface area contributed by atoms with Crippen molar-refractivity contribution >= 4 is 28.5 Å². The van der Waals surface area contributed by atoms with Crippen molar-refractivity contribution < 1.29 is 18.7 Å². The second-order valence-corrected chi connectivity index (χ2v) is 9.35. The zero-order valence-corrected chi connectivity index (χ0v) is 21.3. The zero-order valence-electron chi connectivity index (χ0n) is 21.3. The van der Waals surface area contributed by atoms with Gasteiger partial charge < -0.3 is 10.1 Å². The molecule has 37 heavy (non-hydrogen) atoms. The van der Waals surface area contributed by atoms with E-state index < -0.39 is 29.2 Å². The molecule has 0 saturated heterocycles. The summed E-state index contributed by atoms with van der Waals surface area (Å²) in [6, 6.07) is 18.8. The van der Waals surface area contributed by atoms with E-state index in [2.05, 4.69) is 15.6 Å². The number of aromatic nitrogens is 3. The Morgan fingerprint density at radius 1 is 1.05 bits per heavy atom. The standard InChI is InChI=1S/C28H30FN5O3/c1-5-28(2,3)30-27(36)26(19-14-16-20(37-4)17-15-19)34(23-12-8-6-10-21(23)29)25(35)18-33-24-13-9-7-11-22(24)31-32-33/h6-17,26H,5,18H2,1-4H3,(H,30,36)/t26-/m0/s1. The van der Waals surface area contributed by atoms with Crippen LogP contribution in [0.5, 0.6) is 5.75 Å². The number of halogens is 1. The Kier molecular flexibility index (Phi) is 7.52. The van der Waals surface area contributed by atoms with E-state index in [0.29, 0.717) is 28.8 Å². The molecule has 192 valence electrons. The number of carbonyl (C=O) groups excluding carboxylic acids is 2. The van der Waals surface area contributed by atoms with Crippen molar-refractivity contribution in [1.82, 2.24) is 20.3 Å². The molecular weight excluding hydrogens is 473 g/mol. The third kappa shape index (κ3) is 5.61. The molecule has 1 heterocycles. The molecule has 1 N–H and O–H groups in total. The summed E-state index contributed by atoms with van der Waals surface area (Å²) in [7, 11) is 1.54. The second-order valence-electron chi connectivity index (χ2n) is 9.35. The van der Waals surface area contributed by atoms with Crippen molar-refractivity contribution in [3.63, 3.8) is 0 Å². The quantitative estimate of drug-likeness (QED) is 0.359. The molecule has 8 nitrogen and oxygen atoms in total. The fourth-order valence-corrected chi connectivity index (χ4v) is 4.00. The Hall–Kier alpha value is -4.27. The van der Waals surface area contributed by atoms with Gasteiger partial charge in [-0.15, -0.1) is 5.10 Å². The summed E-state index contributed by atoms with van der Waals surface area (Å²) in [6.07, 6.45) is 0.659. The number of fused-ring (bicyclic) bond motifs is 1. The van der Waals surface area contributed by atoms with E-state index in [1.807, 2.05) is 32.9 Å². The van der Waals surface area contributed by atoms with Crippen LogP contribution in [0.4, 0.5) is 10.1 Å². The molecule has 4 aromatic rings. The topological polar surface area (TPSA) is 89.4 Å². The molecule has 0 spiro atoms. The molecule has 0 radical (unpaired) electrons. The monoisotopic (exact) mass is 503 g/mol. The van der Waals surface area contributed by atoms with Crippen LogP contribution < -0.4 is 15.0 Å². The number of methoxy groups -OCH3 is 1. The molecule has 0 aliphatic carbocycles. The number of ether oxygens (including phenoxy) is 1. The van der Waals surface area contributed by atoms with Gasteiger partial charge in [0, 0.05) is 5.54 Å². The number of nitrogens with one attached hydrogen (secondary N) is 1. The van der Waals surface area contributed by atoms with E-state index in [1.54, 1.807) is 49.6 Å². The summed E-state index contributed by atoms with van der Waals surface area (Å²) in [6.45, 7) is 5.50. The summed E-state index contributed by atoms with van der Waals surface area (Å²) in [5, 5.41) is 11.3. The number of hydrogen-bond donors (Lipinski definition) is 1. The highest BCUT2D eigenvalue weighted by atomic mass is 19.1. The van der Waals surface area contributed by atoms with Crippen LogP contribution in [-0.4, -0.2) is 39.5 Å². The normalized spacial score (nSPS) is 12.2. The SMILES string of the molecule is CCC(C)(C)NC(=O)[C@H](c1ccc(OC)cc1)N(C(=O)Cn1nnc2ccccc21)c1ccccc1F. The minimum atomic E-state index is -1.16. The third-order valence-electron chi connectivity index (χ3n) is 6.37. The minimum Gasteiger partial charge on any atom is -0.497 e. The van der Waals surface area contributed by atoms with E-state index in [1.165, 1.54) is 27.8 Å². The molecule has 0 saturated carbocycles. The molecule has 0 fully saturated rings. The van der Waals surface area contributed by atoms with Gasteiger partial charge in [-0.05, 0) is 62.2 Å². The van der Waals surface area contributed by atoms with Crippen LogP contribution in [0.15, 0.2) is 72.8 Å². The second kappa shape index (κ2) is 10.8. The maximum absolute atomic E-state index is 15.2. The molecule has 2 amide bonds. The first-order chi connectivity index (χ1) is 17.7. The van der Waals surface area contributed by atoms with E-state index in [9.17, 15) is 9.59 Å². The number of hydrogen-bond acceptors (Lipinski definition) is 5. The van der Waals surface area contributed by atoms with Crippen LogP contribution >= 0.6 is 0 Å². The van der Waals surface area contributed by atoms with Gasteiger partial charge in [-0.3, -0.25) is 14.5 Å². The van der Waals surface area contributed by atoms with Gasteiger partial charge in [0.25, 0.3) is 0 Å². The fourth-order valence-electron chi connectivity index (χ4n) is 4.00. The molecule has 1 atom stereocenters.